The summed E-state index contributed by atoms with van der Waals surface area (Å²) in [5.74, 6) is -3.76. The molecule has 2 aliphatic heterocycles. The van der Waals surface area contributed by atoms with Gasteiger partial charge in [0.1, 0.15) is 17.7 Å². The highest BCUT2D eigenvalue weighted by atomic mass is 19.4. The molecule has 11 heteroatoms. The van der Waals surface area contributed by atoms with Crippen LogP contribution in [-0.4, -0.2) is 48.3 Å². The number of alkyl halides is 3. The highest BCUT2D eigenvalue weighted by Gasteiger charge is 2.47. The Morgan fingerprint density at radius 1 is 1.08 bits per heavy atom. The smallest absolute Gasteiger partial charge is 0.355 e. The minimum absolute atomic E-state index is 0.113. The van der Waals surface area contributed by atoms with Crippen molar-refractivity contribution in [1.82, 2.24) is 15.5 Å². The molecule has 2 saturated heterocycles. The zero-order chi connectivity index (χ0) is 28.5. The Labute approximate surface area is 222 Å². The van der Waals surface area contributed by atoms with Gasteiger partial charge in [-0.05, 0) is 60.1 Å². The maximum Gasteiger partial charge on any atom is 0.416 e. The van der Waals surface area contributed by atoms with Crippen molar-refractivity contribution in [3.63, 3.8) is 0 Å². The Balaban J connectivity index is 1.49. The number of hydrogen-bond donors (Lipinski definition) is 2. The molecule has 3 amide bonds. The molecule has 2 N–H and O–H groups in total. The molecule has 2 aromatic carbocycles. The molecular weight excluding hydrogens is 521 g/mol. The summed E-state index contributed by atoms with van der Waals surface area (Å²) < 4.78 is 67.5. The van der Waals surface area contributed by atoms with E-state index >= 15 is 0 Å². The standard InChI is InChI=1S/C28H30F5N3O3/c1-16(2)24(35-25(38)20-13-18(28(31,32)33)6-7-22(20)30)26(39)36-10-8-27(9-11-36)14-23(37)34-15-21(27)17-4-3-5-19(29)12-17/h3-7,12-13,16,21,24H,8-11,14-15H2,1-2H3,(H,34,37)(H,35,38)/t21?,24-/m1/s1. The Morgan fingerprint density at radius 3 is 2.38 bits per heavy atom. The van der Waals surface area contributed by atoms with Crippen LogP contribution >= 0.6 is 0 Å². The third-order valence-electron chi connectivity index (χ3n) is 7.83. The Kier molecular flexibility index (Phi) is 7.99. The number of nitrogens with one attached hydrogen (secondary N) is 2. The monoisotopic (exact) mass is 551 g/mol. The van der Waals surface area contributed by atoms with E-state index in [2.05, 4.69) is 10.6 Å². The van der Waals surface area contributed by atoms with Gasteiger partial charge in [0.05, 0.1) is 11.1 Å². The second-order valence-corrected chi connectivity index (χ2v) is 10.7. The van der Waals surface area contributed by atoms with E-state index in [0.29, 0.717) is 37.6 Å². The van der Waals surface area contributed by atoms with E-state index in [1.54, 1.807) is 24.8 Å². The number of carbonyl (C=O) groups is 3. The van der Waals surface area contributed by atoms with E-state index in [1.165, 1.54) is 12.1 Å². The van der Waals surface area contributed by atoms with Gasteiger partial charge < -0.3 is 15.5 Å². The molecule has 0 radical (unpaired) electrons. The molecule has 2 fully saturated rings. The molecule has 39 heavy (non-hydrogen) atoms. The van der Waals surface area contributed by atoms with Gasteiger partial charge >= 0.3 is 6.18 Å². The van der Waals surface area contributed by atoms with Gasteiger partial charge in [-0.2, -0.15) is 13.2 Å². The second-order valence-electron chi connectivity index (χ2n) is 10.7. The molecule has 1 spiro atoms. The quantitative estimate of drug-likeness (QED) is 0.532. The molecule has 0 bridgehead atoms. The average molecular weight is 552 g/mol. The lowest BCUT2D eigenvalue weighted by Crippen LogP contribution is -2.57. The Morgan fingerprint density at radius 2 is 1.77 bits per heavy atom. The largest absolute Gasteiger partial charge is 0.416 e. The van der Waals surface area contributed by atoms with Crippen LogP contribution in [0.15, 0.2) is 42.5 Å². The maximum absolute atomic E-state index is 14.3. The lowest BCUT2D eigenvalue weighted by molar-refractivity contribution is -0.139. The predicted molar refractivity (Wildman–Crippen MR) is 133 cm³/mol. The minimum atomic E-state index is -4.76. The SMILES string of the molecule is CC(C)[C@@H](NC(=O)c1cc(C(F)(F)F)ccc1F)C(=O)N1CCC2(CC1)CC(=O)NCC2c1cccc(F)c1. The van der Waals surface area contributed by atoms with Crippen molar-refractivity contribution < 1.29 is 36.3 Å². The molecular formula is C28H30F5N3O3. The van der Waals surface area contributed by atoms with Crippen LogP contribution in [0.4, 0.5) is 22.0 Å². The fraction of sp³-hybridized carbons (Fsp3) is 0.464. The Bertz CT molecular complexity index is 1260. The summed E-state index contributed by atoms with van der Waals surface area (Å²) in [5.41, 5.74) is -1.69. The van der Waals surface area contributed by atoms with Crippen LogP contribution in [-0.2, 0) is 15.8 Å². The van der Waals surface area contributed by atoms with Gasteiger partial charge in [-0.15, -0.1) is 0 Å². The molecule has 2 aromatic rings. The van der Waals surface area contributed by atoms with Gasteiger partial charge in [-0.3, -0.25) is 14.4 Å². The second kappa shape index (κ2) is 10.9. The summed E-state index contributed by atoms with van der Waals surface area (Å²) in [5, 5.41) is 5.28. The van der Waals surface area contributed by atoms with E-state index in [-0.39, 0.29) is 37.2 Å². The summed E-state index contributed by atoms with van der Waals surface area (Å²) in [6.07, 6.45) is -3.60. The predicted octanol–water partition coefficient (Wildman–Crippen LogP) is 4.65. The first kappa shape index (κ1) is 28.5. The number of hydrogen-bond acceptors (Lipinski definition) is 3. The third-order valence-corrected chi connectivity index (χ3v) is 7.83. The van der Waals surface area contributed by atoms with Crippen molar-refractivity contribution in [1.29, 1.82) is 0 Å². The van der Waals surface area contributed by atoms with Crippen LogP contribution in [0, 0.1) is 23.0 Å². The molecule has 2 heterocycles. The van der Waals surface area contributed by atoms with Crippen LogP contribution in [0.25, 0.3) is 0 Å². The maximum atomic E-state index is 14.3. The van der Waals surface area contributed by atoms with E-state index in [0.717, 1.165) is 5.56 Å². The molecule has 0 aromatic heterocycles. The molecule has 0 saturated carbocycles. The molecule has 2 aliphatic rings. The minimum Gasteiger partial charge on any atom is -0.355 e. The highest BCUT2D eigenvalue weighted by molar-refractivity contribution is 5.98. The normalized spacial score (nSPS) is 20.1. The van der Waals surface area contributed by atoms with Crippen LogP contribution in [0.1, 0.15) is 60.5 Å². The van der Waals surface area contributed by atoms with Gasteiger partial charge in [0, 0.05) is 32.0 Å². The van der Waals surface area contributed by atoms with Gasteiger partial charge in [-0.25, -0.2) is 8.78 Å². The van der Waals surface area contributed by atoms with Crippen molar-refractivity contribution >= 4 is 17.7 Å². The van der Waals surface area contributed by atoms with E-state index < -0.39 is 52.3 Å². The number of piperidine rings is 2. The summed E-state index contributed by atoms with van der Waals surface area (Å²) in [6.45, 7) is 4.23. The number of nitrogens with zero attached hydrogens (tertiary/aromatic N) is 1. The van der Waals surface area contributed by atoms with Crippen LogP contribution in [0.3, 0.4) is 0 Å². The van der Waals surface area contributed by atoms with Crippen molar-refractivity contribution in [3.8, 4) is 0 Å². The molecule has 2 atom stereocenters. The van der Waals surface area contributed by atoms with E-state index in [9.17, 15) is 36.3 Å². The zero-order valence-electron chi connectivity index (χ0n) is 21.6. The number of carbonyl (C=O) groups excluding carboxylic acids is 3. The van der Waals surface area contributed by atoms with E-state index in [1.807, 2.05) is 6.07 Å². The lowest BCUT2D eigenvalue weighted by atomic mass is 9.62. The van der Waals surface area contributed by atoms with Crippen molar-refractivity contribution in [2.45, 2.75) is 51.2 Å². The fourth-order valence-corrected chi connectivity index (χ4v) is 5.64. The molecule has 4 rings (SSSR count). The van der Waals surface area contributed by atoms with Crippen LogP contribution in [0.2, 0.25) is 0 Å². The number of halogens is 5. The van der Waals surface area contributed by atoms with Gasteiger partial charge in [0.2, 0.25) is 11.8 Å². The van der Waals surface area contributed by atoms with E-state index in [4.69, 9.17) is 0 Å². The topological polar surface area (TPSA) is 78.5 Å². The van der Waals surface area contributed by atoms with Gasteiger partial charge in [0.25, 0.3) is 5.91 Å². The van der Waals surface area contributed by atoms with Gasteiger partial charge in [0.15, 0.2) is 0 Å². The van der Waals surface area contributed by atoms with Gasteiger partial charge in [-0.1, -0.05) is 26.0 Å². The molecule has 1 unspecified atom stereocenters. The van der Waals surface area contributed by atoms with Crippen molar-refractivity contribution in [2.24, 2.45) is 11.3 Å². The summed E-state index contributed by atoms with van der Waals surface area (Å²) >= 11 is 0. The summed E-state index contributed by atoms with van der Waals surface area (Å²) in [4.78, 5) is 40.1. The Hall–Kier alpha value is -3.50. The summed E-state index contributed by atoms with van der Waals surface area (Å²) in [7, 11) is 0. The first-order valence-corrected chi connectivity index (χ1v) is 12.8. The van der Waals surface area contributed by atoms with Crippen molar-refractivity contribution in [3.05, 3.63) is 70.8 Å². The van der Waals surface area contributed by atoms with Crippen LogP contribution in [0.5, 0.6) is 0 Å². The number of rotatable bonds is 5. The number of benzene rings is 2. The highest BCUT2D eigenvalue weighted by Crippen LogP contribution is 2.49. The summed E-state index contributed by atoms with van der Waals surface area (Å²) in [6, 6.07) is 6.70. The number of amides is 3. The third kappa shape index (κ3) is 6.07. The molecule has 6 nitrogen and oxygen atoms in total. The molecule has 0 aliphatic carbocycles. The molecule has 210 valence electrons. The van der Waals surface area contributed by atoms with Crippen molar-refractivity contribution in [2.75, 3.05) is 19.6 Å². The first-order chi connectivity index (χ1) is 18.3. The lowest BCUT2D eigenvalue weighted by Gasteiger charge is -2.49. The average Bonchev–Trinajstić information content (AvgIpc) is 2.86. The van der Waals surface area contributed by atoms with Crippen LogP contribution < -0.4 is 10.6 Å². The first-order valence-electron chi connectivity index (χ1n) is 12.8. The fourth-order valence-electron chi connectivity index (χ4n) is 5.64. The zero-order valence-corrected chi connectivity index (χ0v) is 21.6. The number of likely N-dealkylation sites (tertiary alicyclic amines) is 1.